The number of rotatable bonds is 5. The largest absolute Gasteiger partial charge is 0.411 e. The van der Waals surface area contributed by atoms with E-state index in [1.165, 1.54) is 0 Å². The minimum absolute atomic E-state index is 0.0942. The molecule has 0 bridgehead atoms. The van der Waals surface area contributed by atoms with E-state index in [1.54, 1.807) is 18.2 Å². The lowest BCUT2D eigenvalue weighted by Crippen LogP contribution is -2.14. The standard InChI is InChI=1S/C17H13Cl2N3O2S/c1-10-5-2-3-6-11(10)16-21-22-17(24-16)25-9-14(23)20-15-12(18)7-4-8-13(15)19/h2-8H,9H2,1H3,(H,20,23). The highest BCUT2D eigenvalue weighted by Crippen LogP contribution is 2.30. The summed E-state index contributed by atoms with van der Waals surface area (Å²) in [6, 6.07) is 12.7. The van der Waals surface area contributed by atoms with Crippen molar-refractivity contribution in [2.75, 3.05) is 11.1 Å². The second kappa shape index (κ2) is 7.91. The fourth-order valence-electron chi connectivity index (χ4n) is 2.11. The molecule has 3 aromatic rings. The van der Waals surface area contributed by atoms with Crippen molar-refractivity contribution in [1.29, 1.82) is 0 Å². The van der Waals surface area contributed by atoms with Gasteiger partial charge in [0, 0.05) is 5.56 Å². The molecule has 0 unspecified atom stereocenters. The van der Waals surface area contributed by atoms with Crippen LogP contribution in [0.2, 0.25) is 10.0 Å². The smallest absolute Gasteiger partial charge is 0.277 e. The molecule has 25 heavy (non-hydrogen) atoms. The Morgan fingerprint density at radius 1 is 1.12 bits per heavy atom. The Hall–Kier alpha value is -2.02. The molecule has 0 saturated heterocycles. The van der Waals surface area contributed by atoms with Crippen molar-refractivity contribution in [3.8, 4) is 11.5 Å². The highest BCUT2D eigenvalue weighted by molar-refractivity contribution is 7.99. The van der Waals surface area contributed by atoms with Crippen molar-refractivity contribution in [1.82, 2.24) is 10.2 Å². The fourth-order valence-corrected chi connectivity index (χ4v) is 3.16. The molecular weight excluding hydrogens is 381 g/mol. The van der Waals surface area contributed by atoms with Crippen LogP contribution in [0.3, 0.4) is 0 Å². The van der Waals surface area contributed by atoms with Gasteiger partial charge in [0.1, 0.15) is 0 Å². The van der Waals surface area contributed by atoms with Gasteiger partial charge < -0.3 is 9.73 Å². The summed E-state index contributed by atoms with van der Waals surface area (Å²) in [6.07, 6.45) is 0. The van der Waals surface area contributed by atoms with Crippen molar-refractivity contribution in [3.05, 3.63) is 58.1 Å². The van der Waals surface area contributed by atoms with Crippen LogP contribution in [0.15, 0.2) is 52.1 Å². The number of amides is 1. The number of nitrogens with zero attached hydrogens (tertiary/aromatic N) is 2. The molecule has 0 spiro atoms. The first-order valence-electron chi connectivity index (χ1n) is 7.31. The second-order valence-corrected chi connectivity index (χ2v) is 6.86. The zero-order valence-electron chi connectivity index (χ0n) is 13.1. The average molecular weight is 394 g/mol. The molecule has 0 fully saturated rings. The highest BCUT2D eigenvalue weighted by atomic mass is 35.5. The van der Waals surface area contributed by atoms with Crippen LogP contribution in [-0.2, 0) is 4.79 Å². The zero-order valence-corrected chi connectivity index (χ0v) is 15.5. The molecule has 1 aromatic heterocycles. The van der Waals surface area contributed by atoms with E-state index in [4.69, 9.17) is 27.6 Å². The monoisotopic (exact) mass is 393 g/mol. The van der Waals surface area contributed by atoms with Crippen molar-refractivity contribution in [2.24, 2.45) is 0 Å². The number of hydrogen-bond acceptors (Lipinski definition) is 5. The summed E-state index contributed by atoms with van der Waals surface area (Å²) in [4.78, 5) is 12.1. The lowest BCUT2D eigenvalue weighted by atomic mass is 10.1. The molecule has 1 N–H and O–H groups in total. The van der Waals surface area contributed by atoms with Crippen molar-refractivity contribution in [3.63, 3.8) is 0 Å². The van der Waals surface area contributed by atoms with E-state index in [-0.39, 0.29) is 11.7 Å². The molecule has 1 amide bonds. The van der Waals surface area contributed by atoms with Gasteiger partial charge in [-0.25, -0.2) is 0 Å². The predicted molar refractivity (Wildman–Crippen MR) is 100 cm³/mol. The first-order valence-corrected chi connectivity index (χ1v) is 9.05. The van der Waals surface area contributed by atoms with E-state index in [0.29, 0.717) is 26.8 Å². The third kappa shape index (κ3) is 4.34. The van der Waals surface area contributed by atoms with Crippen LogP contribution in [0.25, 0.3) is 11.5 Å². The average Bonchev–Trinajstić information content (AvgIpc) is 3.06. The first-order chi connectivity index (χ1) is 12.0. The lowest BCUT2D eigenvalue weighted by molar-refractivity contribution is -0.113. The Kier molecular flexibility index (Phi) is 5.63. The normalized spacial score (nSPS) is 10.7. The number of nitrogens with one attached hydrogen (secondary N) is 1. The number of benzene rings is 2. The predicted octanol–water partition coefficient (Wildman–Crippen LogP) is 5.08. The van der Waals surface area contributed by atoms with E-state index < -0.39 is 0 Å². The van der Waals surface area contributed by atoms with Crippen LogP contribution >= 0.6 is 35.0 Å². The van der Waals surface area contributed by atoms with Crippen LogP contribution in [0.5, 0.6) is 0 Å². The number of para-hydroxylation sites is 1. The van der Waals surface area contributed by atoms with E-state index in [0.717, 1.165) is 22.9 Å². The van der Waals surface area contributed by atoms with Crippen LogP contribution in [0.4, 0.5) is 5.69 Å². The van der Waals surface area contributed by atoms with Gasteiger partial charge >= 0.3 is 0 Å². The SMILES string of the molecule is Cc1ccccc1-c1nnc(SCC(=O)Nc2c(Cl)cccc2Cl)o1. The summed E-state index contributed by atoms with van der Waals surface area (Å²) < 4.78 is 5.61. The molecule has 5 nitrogen and oxygen atoms in total. The molecule has 0 aliphatic heterocycles. The maximum absolute atomic E-state index is 12.1. The Morgan fingerprint density at radius 2 is 1.84 bits per heavy atom. The summed E-state index contributed by atoms with van der Waals surface area (Å²) in [5, 5.41) is 11.7. The van der Waals surface area contributed by atoms with E-state index in [2.05, 4.69) is 15.5 Å². The molecule has 128 valence electrons. The van der Waals surface area contributed by atoms with E-state index in [9.17, 15) is 4.79 Å². The number of anilines is 1. The van der Waals surface area contributed by atoms with E-state index in [1.807, 2.05) is 31.2 Å². The summed E-state index contributed by atoms with van der Waals surface area (Å²) in [6.45, 7) is 1.97. The topological polar surface area (TPSA) is 68.0 Å². The number of hydrogen-bond donors (Lipinski definition) is 1. The molecule has 0 atom stereocenters. The Bertz CT molecular complexity index is 894. The van der Waals surface area contributed by atoms with Gasteiger partial charge in [-0.2, -0.15) is 0 Å². The molecular formula is C17H13Cl2N3O2S. The van der Waals surface area contributed by atoms with Gasteiger partial charge in [0.2, 0.25) is 11.8 Å². The van der Waals surface area contributed by atoms with Gasteiger partial charge in [-0.15, -0.1) is 10.2 Å². The number of aryl methyl sites for hydroxylation is 1. The zero-order chi connectivity index (χ0) is 17.8. The minimum atomic E-state index is -0.268. The molecule has 0 radical (unpaired) electrons. The highest BCUT2D eigenvalue weighted by Gasteiger charge is 2.14. The first kappa shape index (κ1) is 17.8. The molecule has 0 saturated carbocycles. The van der Waals surface area contributed by atoms with Gasteiger partial charge in [0.25, 0.3) is 5.22 Å². The third-order valence-electron chi connectivity index (χ3n) is 3.34. The van der Waals surface area contributed by atoms with Crippen LogP contribution < -0.4 is 5.32 Å². The fraction of sp³-hybridized carbons (Fsp3) is 0.118. The van der Waals surface area contributed by atoms with Crippen molar-refractivity contribution < 1.29 is 9.21 Å². The maximum atomic E-state index is 12.1. The van der Waals surface area contributed by atoms with Crippen molar-refractivity contribution in [2.45, 2.75) is 12.1 Å². The third-order valence-corrected chi connectivity index (χ3v) is 4.78. The van der Waals surface area contributed by atoms with Gasteiger partial charge in [-0.3, -0.25) is 4.79 Å². The number of carbonyl (C=O) groups is 1. The Morgan fingerprint density at radius 3 is 2.56 bits per heavy atom. The lowest BCUT2D eigenvalue weighted by Gasteiger charge is -2.08. The van der Waals surface area contributed by atoms with Crippen LogP contribution in [0, 0.1) is 6.92 Å². The number of halogens is 2. The Balaban J connectivity index is 1.63. The van der Waals surface area contributed by atoms with Gasteiger partial charge in [0.05, 0.1) is 21.5 Å². The maximum Gasteiger partial charge on any atom is 0.277 e. The summed E-state index contributed by atoms with van der Waals surface area (Å²) in [5.41, 5.74) is 2.30. The van der Waals surface area contributed by atoms with E-state index >= 15 is 0 Å². The number of thioether (sulfide) groups is 1. The Labute approximate surface area is 158 Å². The molecule has 1 heterocycles. The summed E-state index contributed by atoms with van der Waals surface area (Å²) in [5.74, 6) is 0.252. The molecule has 0 aliphatic rings. The van der Waals surface area contributed by atoms with Crippen LogP contribution in [0.1, 0.15) is 5.56 Å². The molecule has 3 rings (SSSR count). The minimum Gasteiger partial charge on any atom is -0.411 e. The quantitative estimate of drug-likeness (QED) is 0.611. The van der Waals surface area contributed by atoms with Crippen molar-refractivity contribution >= 4 is 46.6 Å². The number of aromatic nitrogens is 2. The van der Waals surface area contributed by atoms with Gasteiger partial charge in [0.15, 0.2) is 0 Å². The molecule has 8 heteroatoms. The van der Waals surface area contributed by atoms with Gasteiger partial charge in [-0.05, 0) is 30.7 Å². The molecule has 2 aromatic carbocycles. The summed E-state index contributed by atoms with van der Waals surface area (Å²) in [7, 11) is 0. The van der Waals surface area contributed by atoms with Gasteiger partial charge in [-0.1, -0.05) is 59.2 Å². The van der Waals surface area contributed by atoms with Crippen LogP contribution in [-0.4, -0.2) is 21.9 Å². The molecule has 0 aliphatic carbocycles. The second-order valence-electron chi connectivity index (χ2n) is 5.12. The number of carbonyl (C=O) groups excluding carboxylic acids is 1. The summed E-state index contributed by atoms with van der Waals surface area (Å²) >= 11 is 13.2.